The molecule has 0 aromatic heterocycles. The van der Waals surface area contributed by atoms with E-state index in [-0.39, 0.29) is 12.8 Å². The molecule has 2 rings (SSSR count). The van der Waals surface area contributed by atoms with Crippen LogP contribution in [-0.4, -0.2) is 115 Å². The number of aliphatic hydroxyl groups is 4. The van der Waals surface area contributed by atoms with E-state index in [1.54, 1.807) is 0 Å². The topological polar surface area (TPSA) is 269 Å². The van der Waals surface area contributed by atoms with E-state index in [2.05, 4.69) is 42.7 Å². The van der Waals surface area contributed by atoms with E-state index in [0.717, 1.165) is 83.5 Å². The maximum Gasteiger partial charge on any atom is 0.472 e. The van der Waals surface area contributed by atoms with Crippen molar-refractivity contribution in [2.24, 2.45) is 0 Å². The molecule has 1 aliphatic carbocycles. The molecule has 64 heavy (non-hydrogen) atoms. The summed E-state index contributed by atoms with van der Waals surface area (Å²) in [5.74, 6) is -1.23. The molecule has 19 heteroatoms. The summed E-state index contributed by atoms with van der Waals surface area (Å²) in [4.78, 5) is 54.3. The number of unbranched alkanes of at least 4 members (excludes halogenated alkanes) is 18. The van der Waals surface area contributed by atoms with Gasteiger partial charge in [0.1, 0.15) is 43.2 Å². The largest absolute Gasteiger partial charge is 0.472 e. The minimum absolute atomic E-state index is 0.0382. The Labute approximate surface area is 381 Å². The third-order valence-electron chi connectivity index (χ3n) is 11.4. The molecule has 0 aromatic rings. The Morgan fingerprint density at radius 1 is 0.578 bits per heavy atom. The molecule has 2 aliphatic rings. The monoisotopic (exact) mass is 957 g/mol. The van der Waals surface area contributed by atoms with Gasteiger partial charge < -0.3 is 49.3 Å². The van der Waals surface area contributed by atoms with Gasteiger partial charge in [0.2, 0.25) is 0 Å². The van der Waals surface area contributed by atoms with Gasteiger partial charge in [-0.05, 0) is 57.8 Å². The molecule has 1 saturated carbocycles. The summed E-state index contributed by atoms with van der Waals surface area (Å²) in [6.45, 7) is 2.98. The lowest BCUT2D eigenvalue weighted by Gasteiger charge is -2.43. The Balaban J connectivity index is 1.79. The second-order valence-electron chi connectivity index (χ2n) is 17.2. The van der Waals surface area contributed by atoms with Crippen molar-refractivity contribution in [2.45, 2.75) is 236 Å². The Kier molecular flexibility index (Phi) is 31.0. The van der Waals surface area contributed by atoms with E-state index >= 15 is 0 Å². The summed E-state index contributed by atoms with van der Waals surface area (Å²) < 4.78 is 55.2. The van der Waals surface area contributed by atoms with Gasteiger partial charge in [0, 0.05) is 12.8 Å². The number of epoxide rings is 1. The van der Waals surface area contributed by atoms with Crippen LogP contribution in [0.4, 0.5) is 0 Å². The van der Waals surface area contributed by atoms with Gasteiger partial charge >= 0.3 is 27.6 Å². The van der Waals surface area contributed by atoms with Gasteiger partial charge in [-0.25, -0.2) is 9.13 Å². The zero-order valence-corrected chi connectivity index (χ0v) is 40.2. The van der Waals surface area contributed by atoms with Gasteiger partial charge in [-0.15, -0.1) is 0 Å². The lowest BCUT2D eigenvalue weighted by Crippen LogP contribution is -2.64. The quantitative estimate of drug-likeness (QED) is 0.0101. The summed E-state index contributed by atoms with van der Waals surface area (Å²) in [7, 11) is -10.7. The maximum absolute atomic E-state index is 13.0. The summed E-state index contributed by atoms with van der Waals surface area (Å²) in [6, 6.07) is 0. The highest BCUT2D eigenvalue weighted by Gasteiger charge is 2.54. The molecule has 2 fully saturated rings. The standard InChI is InChI=1S/C45H82O17P2/c1-3-5-7-9-11-12-13-14-15-16-17-18-19-23-28-32-39(47)59-35(34-58-64(55,56)62-45-42(50)40(48)41(49)44(43(45)51)61-63(52,53)54)33-57-38(46)31-27-24-20-22-26-30-37-36(60-37)29-25-21-10-8-6-4-2/h5,7,21,25,35-37,40-45,48-51H,3-4,6,8-20,22-24,26-34H2,1-2H3,(H,55,56)(H2,52,53,54)/b7-5-,25-21-/t35-,36?,37?,40?,41?,42?,43?,44-,45+/m1/s1. The summed E-state index contributed by atoms with van der Waals surface area (Å²) >= 11 is 0. The van der Waals surface area contributed by atoms with Crippen LogP contribution >= 0.6 is 15.6 Å². The molecular formula is C45H82O17P2. The molecule has 7 N–H and O–H groups in total. The number of phosphoric acid groups is 2. The SMILES string of the molecule is CC/C=C\CCCCCCCCCCCCCC(=O)O[C@H](COC(=O)CCCCCCCC1OC1C/C=C\CCCCC)COP(=O)(O)O[C@H]1C(O)C(O)C(O)[C@@H](OP(=O)(O)O)C1O. The average Bonchev–Trinajstić information content (AvgIpc) is 4.01. The molecule has 1 saturated heterocycles. The van der Waals surface area contributed by atoms with E-state index in [1.807, 2.05) is 0 Å². The van der Waals surface area contributed by atoms with Crippen molar-refractivity contribution in [1.82, 2.24) is 0 Å². The van der Waals surface area contributed by atoms with Crippen LogP contribution in [0.15, 0.2) is 24.3 Å². The van der Waals surface area contributed by atoms with Crippen molar-refractivity contribution < 1.29 is 81.6 Å². The number of allylic oxidation sites excluding steroid dienone is 3. The van der Waals surface area contributed by atoms with Crippen LogP contribution in [0.1, 0.15) is 181 Å². The van der Waals surface area contributed by atoms with Gasteiger partial charge in [-0.1, -0.05) is 134 Å². The fraction of sp³-hybridized carbons (Fsp3) is 0.867. The van der Waals surface area contributed by atoms with E-state index in [4.69, 9.17) is 23.3 Å². The number of ether oxygens (including phenoxy) is 3. The van der Waals surface area contributed by atoms with Crippen LogP contribution in [0.5, 0.6) is 0 Å². The van der Waals surface area contributed by atoms with Gasteiger partial charge in [0.15, 0.2) is 6.10 Å². The van der Waals surface area contributed by atoms with Crippen LogP contribution in [0.2, 0.25) is 0 Å². The van der Waals surface area contributed by atoms with Crippen LogP contribution in [-0.2, 0) is 46.5 Å². The molecule has 7 unspecified atom stereocenters. The minimum atomic E-state index is -5.37. The van der Waals surface area contributed by atoms with E-state index < -0.39 is 83.5 Å². The third-order valence-corrected chi connectivity index (χ3v) is 12.9. The minimum Gasteiger partial charge on any atom is -0.462 e. The van der Waals surface area contributed by atoms with Crippen LogP contribution in [0, 0.1) is 0 Å². The lowest BCUT2D eigenvalue weighted by atomic mass is 9.85. The first-order valence-electron chi connectivity index (χ1n) is 24.0. The fourth-order valence-electron chi connectivity index (χ4n) is 7.62. The van der Waals surface area contributed by atoms with Crippen LogP contribution in [0.3, 0.4) is 0 Å². The number of rotatable bonds is 39. The maximum atomic E-state index is 13.0. The molecule has 1 heterocycles. The highest BCUT2D eigenvalue weighted by Crippen LogP contribution is 2.49. The first-order chi connectivity index (χ1) is 30.6. The smallest absolute Gasteiger partial charge is 0.462 e. The Hall–Kier alpha value is -1.56. The molecule has 374 valence electrons. The highest BCUT2D eigenvalue weighted by molar-refractivity contribution is 7.47. The van der Waals surface area contributed by atoms with Gasteiger partial charge in [-0.2, -0.15) is 0 Å². The molecule has 0 radical (unpaired) electrons. The number of hydrogen-bond donors (Lipinski definition) is 7. The second kappa shape index (κ2) is 33.8. The molecular weight excluding hydrogens is 874 g/mol. The molecule has 0 spiro atoms. The number of carbonyl (C=O) groups excluding carboxylic acids is 2. The molecule has 1 aliphatic heterocycles. The molecule has 0 amide bonds. The van der Waals surface area contributed by atoms with Crippen molar-refractivity contribution >= 4 is 27.6 Å². The Morgan fingerprint density at radius 2 is 1.09 bits per heavy atom. The molecule has 0 aromatic carbocycles. The summed E-state index contributed by atoms with van der Waals surface area (Å²) in [6.07, 6.45) is 20.1. The zero-order valence-electron chi connectivity index (χ0n) is 38.4. The van der Waals surface area contributed by atoms with E-state index in [9.17, 15) is 53.8 Å². The number of esters is 2. The van der Waals surface area contributed by atoms with Crippen LogP contribution < -0.4 is 0 Å². The van der Waals surface area contributed by atoms with E-state index in [0.29, 0.717) is 25.0 Å². The predicted molar refractivity (Wildman–Crippen MR) is 241 cm³/mol. The number of phosphoric ester groups is 2. The Bertz CT molecular complexity index is 1410. The second-order valence-corrected chi connectivity index (χ2v) is 19.8. The van der Waals surface area contributed by atoms with Crippen molar-refractivity contribution in [3.63, 3.8) is 0 Å². The average molecular weight is 957 g/mol. The number of hydrogen-bond acceptors (Lipinski definition) is 14. The van der Waals surface area contributed by atoms with Crippen LogP contribution in [0.25, 0.3) is 0 Å². The van der Waals surface area contributed by atoms with Gasteiger partial charge in [0.05, 0.1) is 18.8 Å². The number of aliphatic hydroxyl groups excluding tert-OH is 4. The summed E-state index contributed by atoms with van der Waals surface area (Å²) in [5, 5.41) is 41.2. The highest BCUT2D eigenvalue weighted by atomic mass is 31.2. The number of carbonyl (C=O) groups is 2. The van der Waals surface area contributed by atoms with Gasteiger partial charge in [-0.3, -0.25) is 23.2 Å². The van der Waals surface area contributed by atoms with Gasteiger partial charge in [0.25, 0.3) is 0 Å². The molecule has 10 atom stereocenters. The normalized spacial score (nSPS) is 25.1. The van der Waals surface area contributed by atoms with Crippen molar-refractivity contribution in [3.05, 3.63) is 24.3 Å². The van der Waals surface area contributed by atoms with Crippen molar-refractivity contribution in [1.29, 1.82) is 0 Å². The van der Waals surface area contributed by atoms with Crippen molar-refractivity contribution in [2.75, 3.05) is 13.2 Å². The molecule has 0 bridgehead atoms. The summed E-state index contributed by atoms with van der Waals surface area (Å²) in [5.41, 5.74) is 0. The predicted octanol–water partition coefficient (Wildman–Crippen LogP) is 7.94. The first-order valence-corrected chi connectivity index (χ1v) is 27.0. The fourth-order valence-corrected chi connectivity index (χ4v) is 9.16. The molecule has 17 nitrogen and oxygen atoms in total. The third kappa shape index (κ3) is 27.3. The van der Waals surface area contributed by atoms with Crippen molar-refractivity contribution in [3.8, 4) is 0 Å². The first kappa shape index (κ1) is 58.6. The zero-order chi connectivity index (χ0) is 47.2. The van der Waals surface area contributed by atoms with E-state index in [1.165, 1.54) is 57.8 Å². The lowest BCUT2D eigenvalue weighted by molar-refractivity contribution is -0.216. The Morgan fingerprint density at radius 3 is 1.67 bits per heavy atom.